The van der Waals surface area contributed by atoms with Crippen LogP contribution >= 0.6 is 11.3 Å². The van der Waals surface area contributed by atoms with Crippen LogP contribution in [-0.4, -0.2) is 11.9 Å². The lowest BCUT2D eigenvalue weighted by Crippen LogP contribution is -2.33. The number of carbonyl (C=O) groups is 1. The molecular formula is C14H14FNOS. The summed E-state index contributed by atoms with van der Waals surface area (Å²) in [6, 6.07) is 7.66. The van der Waals surface area contributed by atoms with E-state index in [0.717, 1.165) is 6.42 Å². The predicted octanol–water partition coefficient (Wildman–Crippen LogP) is 3.25. The summed E-state index contributed by atoms with van der Waals surface area (Å²) < 4.78 is 12.7. The molecule has 0 radical (unpaired) electrons. The van der Waals surface area contributed by atoms with Crippen molar-refractivity contribution in [3.8, 4) is 0 Å². The Kier molecular flexibility index (Phi) is 4.10. The Labute approximate surface area is 109 Å². The summed E-state index contributed by atoms with van der Waals surface area (Å²) >= 11 is 1.64. The third-order valence-corrected chi connectivity index (χ3v) is 3.34. The Hall–Kier alpha value is -1.68. The standard InChI is InChI=1S/C14H14FNOS/c1-10(8-11-6-7-18-9-11)16-14(17)12-2-4-13(15)5-3-12/h2-7,9-10H,8H2,1H3,(H,16,17). The zero-order valence-electron chi connectivity index (χ0n) is 10.0. The molecule has 18 heavy (non-hydrogen) atoms. The largest absolute Gasteiger partial charge is 0.349 e. The van der Waals surface area contributed by atoms with Crippen molar-refractivity contribution in [3.05, 3.63) is 58.0 Å². The molecule has 0 aliphatic heterocycles. The van der Waals surface area contributed by atoms with E-state index in [0.29, 0.717) is 5.56 Å². The van der Waals surface area contributed by atoms with Gasteiger partial charge in [0, 0.05) is 11.6 Å². The second kappa shape index (κ2) is 5.78. The van der Waals surface area contributed by atoms with E-state index in [1.165, 1.54) is 29.8 Å². The van der Waals surface area contributed by atoms with Gasteiger partial charge in [-0.05, 0) is 60.0 Å². The summed E-state index contributed by atoms with van der Waals surface area (Å²) in [4.78, 5) is 11.9. The second-order valence-corrected chi connectivity index (χ2v) is 5.00. The van der Waals surface area contributed by atoms with Gasteiger partial charge in [0.25, 0.3) is 5.91 Å². The Morgan fingerprint density at radius 3 is 2.67 bits per heavy atom. The summed E-state index contributed by atoms with van der Waals surface area (Å²) in [6.07, 6.45) is 0.802. The number of rotatable bonds is 4. The zero-order valence-corrected chi connectivity index (χ0v) is 10.8. The van der Waals surface area contributed by atoms with Crippen LogP contribution in [-0.2, 0) is 6.42 Å². The molecule has 1 aromatic heterocycles. The third kappa shape index (κ3) is 3.40. The number of hydrogen-bond acceptors (Lipinski definition) is 2. The first kappa shape index (κ1) is 12.8. The lowest BCUT2D eigenvalue weighted by molar-refractivity contribution is 0.0940. The number of carbonyl (C=O) groups excluding carboxylic acids is 1. The van der Waals surface area contributed by atoms with Crippen molar-refractivity contribution in [1.29, 1.82) is 0 Å². The van der Waals surface area contributed by atoms with E-state index in [2.05, 4.69) is 10.7 Å². The van der Waals surface area contributed by atoms with Crippen molar-refractivity contribution in [2.45, 2.75) is 19.4 Å². The van der Waals surface area contributed by atoms with Crippen molar-refractivity contribution < 1.29 is 9.18 Å². The van der Waals surface area contributed by atoms with E-state index in [4.69, 9.17) is 0 Å². The SMILES string of the molecule is CC(Cc1ccsc1)NC(=O)c1ccc(F)cc1. The summed E-state index contributed by atoms with van der Waals surface area (Å²) in [5.74, 6) is -0.504. The molecule has 1 N–H and O–H groups in total. The number of amides is 1. The van der Waals surface area contributed by atoms with Crippen LogP contribution in [0.4, 0.5) is 4.39 Å². The molecule has 0 fully saturated rings. The molecule has 4 heteroatoms. The van der Waals surface area contributed by atoms with E-state index in [1.54, 1.807) is 11.3 Å². The van der Waals surface area contributed by atoms with E-state index in [1.807, 2.05) is 18.4 Å². The summed E-state index contributed by atoms with van der Waals surface area (Å²) in [6.45, 7) is 1.96. The minimum atomic E-state index is -0.335. The van der Waals surface area contributed by atoms with E-state index >= 15 is 0 Å². The summed E-state index contributed by atoms with van der Waals surface area (Å²) in [5, 5.41) is 6.98. The highest BCUT2D eigenvalue weighted by atomic mass is 32.1. The fourth-order valence-corrected chi connectivity index (χ4v) is 2.40. The number of halogens is 1. The first-order valence-corrected chi connectivity index (χ1v) is 6.67. The minimum absolute atomic E-state index is 0.0529. The van der Waals surface area contributed by atoms with Crippen LogP contribution < -0.4 is 5.32 Å². The molecule has 0 bridgehead atoms. The van der Waals surface area contributed by atoms with Gasteiger partial charge in [0.15, 0.2) is 0 Å². The van der Waals surface area contributed by atoms with Gasteiger partial charge < -0.3 is 5.32 Å². The molecule has 0 aliphatic carbocycles. The van der Waals surface area contributed by atoms with E-state index < -0.39 is 0 Å². The van der Waals surface area contributed by atoms with E-state index in [-0.39, 0.29) is 17.8 Å². The normalized spacial score (nSPS) is 12.1. The molecule has 2 nitrogen and oxygen atoms in total. The molecule has 0 aliphatic rings. The van der Waals surface area contributed by atoms with Crippen LogP contribution in [0.5, 0.6) is 0 Å². The number of thiophene rings is 1. The molecule has 1 amide bonds. The second-order valence-electron chi connectivity index (χ2n) is 4.22. The molecule has 0 spiro atoms. The monoisotopic (exact) mass is 263 g/mol. The van der Waals surface area contributed by atoms with Gasteiger partial charge in [-0.1, -0.05) is 0 Å². The van der Waals surface area contributed by atoms with Gasteiger partial charge in [-0.15, -0.1) is 0 Å². The van der Waals surface area contributed by atoms with Crippen molar-refractivity contribution in [1.82, 2.24) is 5.32 Å². The fraction of sp³-hybridized carbons (Fsp3) is 0.214. The molecule has 1 atom stereocenters. The molecule has 94 valence electrons. The van der Waals surface area contributed by atoms with Gasteiger partial charge in [0.2, 0.25) is 0 Å². The van der Waals surface area contributed by atoms with E-state index in [9.17, 15) is 9.18 Å². The van der Waals surface area contributed by atoms with Gasteiger partial charge in [-0.25, -0.2) is 4.39 Å². The highest BCUT2D eigenvalue weighted by Gasteiger charge is 2.10. The van der Waals surface area contributed by atoms with Crippen LogP contribution in [0.1, 0.15) is 22.8 Å². The fourth-order valence-electron chi connectivity index (χ4n) is 1.72. The average Bonchev–Trinajstić information content (AvgIpc) is 2.82. The molecule has 0 saturated carbocycles. The van der Waals surface area contributed by atoms with Gasteiger partial charge in [0.1, 0.15) is 5.82 Å². The first-order chi connectivity index (χ1) is 8.65. The van der Waals surface area contributed by atoms with Gasteiger partial charge in [-0.2, -0.15) is 11.3 Å². The Morgan fingerprint density at radius 1 is 1.33 bits per heavy atom. The van der Waals surface area contributed by atoms with Gasteiger partial charge >= 0.3 is 0 Å². The molecule has 2 rings (SSSR count). The average molecular weight is 263 g/mol. The summed E-state index contributed by atoms with van der Waals surface area (Å²) in [5.41, 5.74) is 1.69. The highest BCUT2D eigenvalue weighted by Crippen LogP contribution is 2.09. The molecule has 1 unspecified atom stereocenters. The first-order valence-electron chi connectivity index (χ1n) is 5.72. The maximum atomic E-state index is 12.7. The summed E-state index contributed by atoms with van der Waals surface area (Å²) in [7, 11) is 0. The molecule has 0 saturated heterocycles. The van der Waals surface area contributed by atoms with Crippen molar-refractivity contribution >= 4 is 17.2 Å². The van der Waals surface area contributed by atoms with Crippen LogP contribution in [0.15, 0.2) is 41.1 Å². The molecular weight excluding hydrogens is 249 g/mol. The Balaban J connectivity index is 1.92. The number of benzene rings is 1. The molecule has 1 heterocycles. The van der Waals surface area contributed by atoms with Gasteiger partial charge in [-0.3, -0.25) is 4.79 Å². The number of nitrogens with one attached hydrogen (secondary N) is 1. The minimum Gasteiger partial charge on any atom is -0.349 e. The smallest absolute Gasteiger partial charge is 0.251 e. The molecule has 2 aromatic rings. The maximum absolute atomic E-state index is 12.7. The van der Waals surface area contributed by atoms with Crippen LogP contribution in [0.3, 0.4) is 0 Å². The van der Waals surface area contributed by atoms with Crippen molar-refractivity contribution in [2.24, 2.45) is 0 Å². The molecule has 1 aromatic carbocycles. The third-order valence-electron chi connectivity index (χ3n) is 2.61. The Morgan fingerprint density at radius 2 is 2.06 bits per heavy atom. The zero-order chi connectivity index (χ0) is 13.0. The lowest BCUT2D eigenvalue weighted by Gasteiger charge is -2.13. The lowest BCUT2D eigenvalue weighted by atomic mass is 10.1. The van der Waals surface area contributed by atoms with Crippen LogP contribution in [0.25, 0.3) is 0 Å². The van der Waals surface area contributed by atoms with Crippen molar-refractivity contribution in [3.63, 3.8) is 0 Å². The Bertz CT molecular complexity index is 507. The van der Waals surface area contributed by atoms with Crippen LogP contribution in [0, 0.1) is 5.82 Å². The quantitative estimate of drug-likeness (QED) is 0.901. The van der Waals surface area contributed by atoms with Gasteiger partial charge in [0.05, 0.1) is 0 Å². The topological polar surface area (TPSA) is 29.1 Å². The predicted molar refractivity (Wildman–Crippen MR) is 71.4 cm³/mol. The van der Waals surface area contributed by atoms with Crippen LogP contribution in [0.2, 0.25) is 0 Å². The van der Waals surface area contributed by atoms with Crippen molar-refractivity contribution in [2.75, 3.05) is 0 Å². The highest BCUT2D eigenvalue weighted by molar-refractivity contribution is 7.07. The number of hydrogen-bond donors (Lipinski definition) is 1. The maximum Gasteiger partial charge on any atom is 0.251 e.